The quantitative estimate of drug-likeness (QED) is 0.311. The molecule has 9 atom stereocenters. The van der Waals surface area contributed by atoms with Gasteiger partial charge in [-0.15, -0.1) is 0 Å². The topological polar surface area (TPSA) is 0 Å². The number of alkyl halides is 2. The Kier molecular flexibility index (Phi) is 6.69. The fraction of sp³-hybridized carbons (Fsp3) is 1.00. The molecule has 0 nitrogen and oxygen atoms in total. The number of hydrogen-bond donors (Lipinski definition) is 0. The molecule has 0 aliphatic heterocycles. The average molecular weight is 530 g/mol. The number of halogens is 2. The number of fused-ring (bicyclic) bond motifs is 5. The van der Waals surface area contributed by atoms with E-state index in [9.17, 15) is 0 Å². The summed E-state index contributed by atoms with van der Waals surface area (Å²) < 4.78 is 0.343. The maximum absolute atomic E-state index is 4.37. The van der Waals surface area contributed by atoms with Crippen molar-refractivity contribution in [2.45, 2.75) is 121 Å². The molecular weight excluding hydrogens is 484 g/mol. The lowest BCUT2D eigenvalue weighted by molar-refractivity contribution is -0.0989. The summed E-state index contributed by atoms with van der Waals surface area (Å²) in [4.78, 5) is 0.667. The van der Waals surface area contributed by atoms with Crippen LogP contribution in [0.25, 0.3) is 0 Å². The molecule has 29 heavy (non-hydrogen) atoms. The maximum Gasteiger partial charge on any atom is 0.0439 e. The van der Waals surface area contributed by atoms with Gasteiger partial charge in [-0.1, -0.05) is 92.2 Å². The van der Waals surface area contributed by atoms with Gasteiger partial charge in [-0.25, -0.2) is 0 Å². The Balaban J connectivity index is 1.51. The molecule has 0 N–H and O–H groups in total. The first kappa shape index (κ1) is 23.1. The number of rotatable bonds is 5. The molecule has 0 aromatic heterocycles. The molecule has 4 aliphatic carbocycles. The van der Waals surface area contributed by atoms with Crippen LogP contribution < -0.4 is 0 Å². The Morgan fingerprint density at radius 2 is 1.62 bits per heavy atom. The smallest absolute Gasteiger partial charge is 0.0439 e. The van der Waals surface area contributed by atoms with Crippen LogP contribution >= 0.6 is 31.9 Å². The summed E-state index contributed by atoms with van der Waals surface area (Å²) in [5.74, 6) is 5.73. The minimum atomic E-state index is 0.343. The molecular formula is C27H46Br2. The summed E-state index contributed by atoms with van der Waals surface area (Å²) in [6, 6.07) is 0. The minimum absolute atomic E-state index is 0.343. The molecule has 168 valence electrons. The molecule has 0 spiro atoms. The average Bonchev–Trinajstić information content (AvgIpc) is 3.01. The van der Waals surface area contributed by atoms with Crippen LogP contribution in [0.5, 0.6) is 0 Å². The van der Waals surface area contributed by atoms with Crippen LogP contribution in [-0.4, -0.2) is 9.15 Å². The highest BCUT2D eigenvalue weighted by Crippen LogP contribution is 2.71. The van der Waals surface area contributed by atoms with E-state index >= 15 is 0 Å². The molecule has 0 saturated heterocycles. The van der Waals surface area contributed by atoms with E-state index in [0.717, 1.165) is 35.5 Å². The van der Waals surface area contributed by atoms with Gasteiger partial charge in [-0.3, -0.25) is 0 Å². The molecule has 4 rings (SSSR count). The molecule has 0 amide bonds. The molecule has 0 aromatic carbocycles. The Bertz CT molecular complexity index is 587. The minimum Gasteiger partial charge on any atom is -0.0875 e. The van der Waals surface area contributed by atoms with E-state index in [1.807, 2.05) is 0 Å². The maximum atomic E-state index is 4.37. The monoisotopic (exact) mass is 528 g/mol. The van der Waals surface area contributed by atoms with E-state index < -0.39 is 0 Å². The third kappa shape index (κ3) is 3.65. The fourth-order valence-electron chi connectivity index (χ4n) is 9.26. The SMILES string of the molecule is CC(C)CCC[C@@H](C)[C@@H]1CC[C@@H]2[C@@H]3CC[C@@]4(Br)[C@H](Br)CCC[C@]4(C)[C@@H]3CC[C@]21C. The second-order valence-electron chi connectivity index (χ2n) is 12.6. The molecule has 0 bridgehead atoms. The number of hydrogen-bond acceptors (Lipinski definition) is 0. The summed E-state index contributed by atoms with van der Waals surface area (Å²) in [5.41, 5.74) is 1.12. The zero-order valence-electron chi connectivity index (χ0n) is 19.8. The predicted molar refractivity (Wildman–Crippen MR) is 134 cm³/mol. The molecule has 4 fully saturated rings. The van der Waals surface area contributed by atoms with Gasteiger partial charge in [0.05, 0.1) is 0 Å². The molecule has 4 saturated carbocycles. The highest BCUT2D eigenvalue weighted by molar-refractivity contribution is 9.12. The zero-order valence-corrected chi connectivity index (χ0v) is 23.0. The molecule has 2 heteroatoms. The first-order valence-corrected chi connectivity index (χ1v) is 14.7. The van der Waals surface area contributed by atoms with Gasteiger partial charge in [0.1, 0.15) is 0 Å². The summed E-state index contributed by atoms with van der Waals surface area (Å²) >= 11 is 8.49. The van der Waals surface area contributed by atoms with Crippen LogP contribution in [0.3, 0.4) is 0 Å². The van der Waals surface area contributed by atoms with Crippen molar-refractivity contribution < 1.29 is 0 Å². The molecule has 0 unspecified atom stereocenters. The van der Waals surface area contributed by atoms with Crippen molar-refractivity contribution in [2.24, 2.45) is 46.3 Å². The van der Waals surface area contributed by atoms with Crippen molar-refractivity contribution in [2.75, 3.05) is 0 Å². The Morgan fingerprint density at radius 3 is 2.34 bits per heavy atom. The van der Waals surface area contributed by atoms with Crippen molar-refractivity contribution in [1.29, 1.82) is 0 Å². The predicted octanol–water partition coefficient (Wildman–Crippen LogP) is 9.39. The van der Waals surface area contributed by atoms with Crippen LogP contribution in [0.2, 0.25) is 0 Å². The third-order valence-corrected chi connectivity index (χ3v) is 14.6. The summed E-state index contributed by atoms with van der Waals surface area (Å²) in [7, 11) is 0. The van der Waals surface area contributed by atoms with Gasteiger partial charge in [-0.05, 0) is 97.7 Å². The normalized spacial score (nSPS) is 50.7. The van der Waals surface area contributed by atoms with Gasteiger partial charge < -0.3 is 0 Å². The summed E-state index contributed by atoms with van der Waals surface area (Å²) in [6.07, 6.45) is 17.5. The summed E-state index contributed by atoms with van der Waals surface area (Å²) in [6.45, 7) is 12.8. The van der Waals surface area contributed by atoms with Gasteiger partial charge >= 0.3 is 0 Å². The van der Waals surface area contributed by atoms with Crippen LogP contribution in [-0.2, 0) is 0 Å². The van der Waals surface area contributed by atoms with Crippen LogP contribution in [0.1, 0.15) is 112 Å². The first-order chi connectivity index (χ1) is 13.6. The third-order valence-electron chi connectivity index (χ3n) is 10.9. The van der Waals surface area contributed by atoms with Gasteiger partial charge in [0, 0.05) is 9.15 Å². The lowest BCUT2D eigenvalue weighted by Crippen LogP contribution is -2.62. The Hall–Kier alpha value is 0.960. The van der Waals surface area contributed by atoms with E-state index in [2.05, 4.69) is 66.5 Å². The lowest BCUT2D eigenvalue weighted by Gasteiger charge is -2.65. The largest absolute Gasteiger partial charge is 0.0875 e. The lowest BCUT2D eigenvalue weighted by atomic mass is 9.44. The standard InChI is InChI=1S/C27H46Br2/c1-18(2)8-6-9-19(3)21-11-12-22-20-13-17-27(29)24(28)10-7-15-26(27,5)23(20)14-16-25(21,22)4/h18-24H,6-17H2,1-5H3/t19-,20+,21+,22-,23-,24-,25+,26-,27-/m1/s1. The second kappa shape index (κ2) is 8.39. The van der Waals surface area contributed by atoms with Crippen molar-refractivity contribution in [3.8, 4) is 0 Å². The van der Waals surface area contributed by atoms with Gasteiger partial charge in [0.25, 0.3) is 0 Å². The molecule has 0 heterocycles. The van der Waals surface area contributed by atoms with Crippen molar-refractivity contribution in [1.82, 2.24) is 0 Å². The zero-order chi connectivity index (χ0) is 21.0. The van der Waals surface area contributed by atoms with Gasteiger partial charge in [0.15, 0.2) is 0 Å². The molecule has 0 radical (unpaired) electrons. The van der Waals surface area contributed by atoms with E-state index in [1.54, 1.807) is 0 Å². The fourth-order valence-corrected chi connectivity index (χ4v) is 11.3. The second-order valence-corrected chi connectivity index (χ2v) is 15.1. The van der Waals surface area contributed by atoms with Crippen LogP contribution in [0.15, 0.2) is 0 Å². The first-order valence-electron chi connectivity index (χ1n) is 13.0. The molecule has 4 aliphatic rings. The van der Waals surface area contributed by atoms with E-state index in [0.29, 0.717) is 20.0 Å². The van der Waals surface area contributed by atoms with Gasteiger partial charge in [-0.2, -0.15) is 0 Å². The highest BCUT2D eigenvalue weighted by Gasteiger charge is 2.65. The van der Waals surface area contributed by atoms with Crippen molar-refractivity contribution in [3.63, 3.8) is 0 Å². The summed E-state index contributed by atoms with van der Waals surface area (Å²) in [5, 5.41) is 0. The van der Waals surface area contributed by atoms with E-state index in [4.69, 9.17) is 0 Å². The van der Waals surface area contributed by atoms with E-state index in [1.165, 1.54) is 77.0 Å². The highest BCUT2D eigenvalue weighted by atomic mass is 79.9. The van der Waals surface area contributed by atoms with Crippen molar-refractivity contribution >= 4 is 31.9 Å². The Labute approximate surface area is 198 Å². The van der Waals surface area contributed by atoms with Gasteiger partial charge in [0.2, 0.25) is 0 Å². The molecule has 0 aromatic rings. The van der Waals surface area contributed by atoms with Crippen LogP contribution in [0.4, 0.5) is 0 Å². The Morgan fingerprint density at radius 1 is 0.862 bits per heavy atom. The van der Waals surface area contributed by atoms with E-state index in [-0.39, 0.29) is 0 Å². The van der Waals surface area contributed by atoms with Crippen molar-refractivity contribution in [3.05, 3.63) is 0 Å². The van der Waals surface area contributed by atoms with Crippen LogP contribution in [0, 0.1) is 46.3 Å².